The number of pyridine rings is 1. The molecule has 3 nitrogen and oxygen atoms in total. The summed E-state index contributed by atoms with van der Waals surface area (Å²) in [6.07, 6.45) is 2.10. The van der Waals surface area contributed by atoms with Gasteiger partial charge in [0, 0.05) is 16.8 Å². The van der Waals surface area contributed by atoms with Gasteiger partial charge in [0.1, 0.15) is 6.17 Å². The molecule has 0 saturated carbocycles. The summed E-state index contributed by atoms with van der Waals surface area (Å²) in [5.41, 5.74) is 12.0. The molecule has 1 atom stereocenters. The molecule has 0 N–H and O–H groups in total. The second-order valence-corrected chi connectivity index (χ2v) is 10.3. The predicted molar refractivity (Wildman–Crippen MR) is 161 cm³/mol. The molecule has 188 valence electrons. The van der Waals surface area contributed by atoms with Gasteiger partial charge in [-0.15, -0.1) is 0 Å². The summed E-state index contributed by atoms with van der Waals surface area (Å²) in [4.78, 5) is 9.81. The van der Waals surface area contributed by atoms with Gasteiger partial charge >= 0.3 is 0 Å². The third kappa shape index (κ3) is 4.05. The highest BCUT2D eigenvalue weighted by Gasteiger charge is 2.37. The van der Waals surface area contributed by atoms with Crippen molar-refractivity contribution in [3.05, 3.63) is 127 Å². The van der Waals surface area contributed by atoms with E-state index in [1.807, 2.05) is 0 Å². The molecule has 5 aromatic rings. The van der Waals surface area contributed by atoms with E-state index in [1.54, 1.807) is 0 Å². The van der Waals surface area contributed by atoms with E-state index in [2.05, 4.69) is 153 Å². The van der Waals surface area contributed by atoms with Crippen LogP contribution < -0.4 is 9.80 Å². The van der Waals surface area contributed by atoms with Crippen LogP contribution in [0.4, 0.5) is 22.7 Å². The molecule has 1 aliphatic rings. The summed E-state index contributed by atoms with van der Waals surface area (Å²) >= 11 is 0. The van der Waals surface area contributed by atoms with Crippen molar-refractivity contribution in [1.29, 1.82) is 0 Å². The molecule has 0 unspecified atom stereocenters. The molecule has 4 aromatic carbocycles. The van der Waals surface area contributed by atoms with Crippen LogP contribution in [0.3, 0.4) is 0 Å². The number of aromatic nitrogens is 1. The Hall–Kier alpha value is -4.37. The lowest BCUT2D eigenvalue weighted by molar-refractivity contribution is 0.755. The van der Waals surface area contributed by atoms with Gasteiger partial charge in [-0.2, -0.15) is 0 Å². The van der Waals surface area contributed by atoms with E-state index in [0.717, 1.165) is 11.4 Å². The largest absolute Gasteiger partial charge is 0.317 e. The van der Waals surface area contributed by atoms with Gasteiger partial charge in [-0.1, -0.05) is 105 Å². The van der Waals surface area contributed by atoms with Crippen molar-refractivity contribution in [2.75, 3.05) is 9.80 Å². The first-order valence-corrected chi connectivity index (χ1v) is 13.4. The van der Waals surface area contributed by atoms with Gasteiger partial charge in [0.25, 0.3) is 0 Å². The minimum atomic E-state index is 0.0464. The number of fused-ring (bicyclic) bond motifs is 1. The van der Waals surface area contributed by atoms with E-state index >= 15 is 0 Å². The van der Waals surface area contributed by atoms with Crippen LogP contribution >= 0.6 is 0 Å². The fourth-order valence-corrected chi connectivity index (χ4v) is 5.67. The van der Waals surface area contributed by atoms with Crippen molar-refractivity contribution in [1.82, 2.24) is 4.98 Å². The standard InChI is InChI=1S/C35H33N3/c1-24(2)31-22-25(3)34(23-36-31)37-26(4)38(33-21-12-11-20-32(33)37)35-29(27-14-7-5-8-15-27)18-13-19-30(35)28-16-9-6-10-17-28/h5-24,26H,1-4H3/t26-/m0/s1. The molecule has 0 fully saturated rings. The van der Waals surface area contributed by atoms with Crippen LogP contribution in [0.1, 0.15) is 37.9 Å². The molecule has 3 heteroatoms. The number of anilines is 4. The van der Waals surface area contributed by atoms with Crippen LogP contribution in [0, 0.1) is 6.92 Å². The van der Waals surface area contributed by atoms with Gasteiger partial charge in [-0.05, 0) is 54.7 Å². The van der Waals surface area contributed by atoms with Gasteiger partial charge in [-0.25, -0.2) is 0 Å². The molecule has 0 aliphatic carbocycles. The SMILES string of the molecule is Cc1cc(C(C)C)ncc1N1c2ccccc2N(c2c(-c3ccccc3)cccc2-c2ccccc2)[C@H]1C. The van der Waals surface area contributed by atoms with E-state index in [9.17, 15) is 0 Å². The Balaban J connectivity index is 1.59. The molecule has 0 spiro atoms. The summed E-state index contributed by atoms with van der Waals surface area (Å²) in [6, 6.07) is 39.1. The van der Waals surface area contributed by atoms with Crippen molar-refractivity contribution in [3.8, 4) is 22.3 Å². The van der Waals surface area contributed by atoms with E-state index in [4.69, 9.17) is 4.98 Å². The molecule has 0 bridgehead atoms. The van der Waals surface area contributed by atoms with E-state index in [0.29, 0.717) is 5.92 Å². The molecule has 0 saturated heterocycles. The molecule has 2 heterocycles. The summed E-state index contributed by atoms with van der Waals surface area (Å²) < 4.78 is 0. The first-order chi connectivity index (χ1) is 18.5. The number of nitrogens with zero attached hydrogens (tertiary/aromatic N) is 3. The molecule has 0 amide bonds. The average molecular weight is 496 g/mol. The zero-order valence-electron chi connectivity index (χ0n) is 22.5. The maximum atomic E-state index is 4.86. The van der Waals surface area contributed by atoms with Gasteiger partial charge in [0.15, 0.2) is 0 Å². The second kappa shape index (κ2) is 9.83. The topological polar surface area (TPSA) is 19.4 Å². The fourth-order valence-electron chi connectivity index (χ4n) is 5.67. The summed E-state index contributed by atoms with van der Waals surface area (Å²) in [5, 5.41) is 0. The van der Waals surface area contributed by atoms with Gasteiger partial charge in [0.2, 0.25) is 0 Å². The molecular weight excluding hydrogens is 462 g/mol. The summed E-state index contributed by atoms with van der Waals surface area (Å²) in [5.74, 6) is 0.397. The van der Waals surface area contributed by atoms with Crippen LogP contribution in [0.15, 0.2) is 115 Å². The second-order valence-electron chi connectivity index (χ2n) is 10.3. The zero-order valence-corrected chi connectivity index (χ0v) is 22.5. The Bertz CT molecular complexity index is 1520. The lowest BCUT2D eigenvalue weighted by Crippen LogP contribution is -2.36. The van der Waals surface area contributed by atoms with Gasteiger partial charge in [-0.3, -0.25) is 4.98 Å². The smallest absolute Gasteiger partial charge is 0.108 e. The predicted octanol–water partition coefficient (Wildman–Crippen LogP) is 9.48. The maximum Gasteiger partial charge on any atom is 0.108 e. The number of para-hydroxylation sites is 3. The van der Waals surface area contributed by atoms with Crippen LogP contribution in [0.5, 0.6) is 0 Å². The van der Waals surface area contributed by atoms with Crippen LogP contribution in [0.25, 0.3) is 22.3 Å². The molecule has 0 radical (unpaired) electrons. The Labute approximate surface area is 226 Å². The van der Waals surface area contributed by atoms with Crippen LogP contribution in [0.2, 0.25) is 0 Å². The minimum absolute atomic E-state index is 0.0464. The van der Waals surface area contributed by atoms with E-state index < -0.39 is 0 Å². The quantitative estimate of drug-likeness (QED) is 0.242. The zero-order chi connectivity index (χ0) is 26.2. The highest BCUT2D eigenvalue weighted by Crippen LogP contribution is 2.52. The van der Waals surface area contributed by atoms with Gasteiger partial charge in [0.05, 0.1) is 28.9 Å². The average Bonchev–Trinajstić information content (AvgIpc) is 3.24. The highest BCUT2D eigenvalue weighted by atomic mass is 15.4. The minimum Gasteiger partial charge on any atom is -0.317 e. The van der Waals surface area contributed by atoms with Crippen molar-refractivity contribution in [2.24, 2.45) is 0 Å². The highest BCUT2D eigenvalue weighted by molar-refractivity contribution is 5.99. The summed E-state index contributed by atoms with van der Waals surface area (Å²) in [7, 11) is 0. The maximum absolute atomic E-state index is 4.86. The van der Waals surface area contributed by atoms with Crippen LogP contribution in [-0.4, -0.2) is 11.1 Å². The van der Waals surface area contributed by atoms with E-state index in [1.165, 1.54) is 44.9 Å². The van der Waals surface area contributed by atoms with Crippen molar-refractivity contribution < 1.29 is 0 Å². The number of rotatable bonds is 5. The van der Waals surface area contributed by atoms with Crippen molar-refractivity contribution >= 4 is 22.7 Å². The third-order valence-corrected chi connectivity index (χ3v) is 7.55. The Morgan fingerprint density at radius 2 is 1.16 bits per heavy atom. The lowest BCUT2D eigenvalue weighted by atomic mass is 9.94. The normalized spacial score (nSPS) is 14.7. The molecule has 1 aliphatic heterocycles. The van der Waals surface area contributed by atoms with Crippen LogP contribution in [-0.2, 0) is 0 Å². The Morgan fingerprint density at radius 3 is 1.68 bits per heavy atom. The first-order valence-electron chi connectivity index (χ1n) is 13.4. The Kier molecular flexibility index (Phi) is 6.21. The van der Waals surface area contributed by atoms with Crippen molar-refractivity contribution in [2.45, 2.75) is 39.8 Å². The first kappa shape index (κ1) is 24.0. The lowest BCUT2D eigenvalue weighted by Gasteiger charge is -2.33. The number of hydrogen-bond acceptors (Lipinski definition) is 3. The molecule has 6 rings (SSSR count). The summed E-state index contributed by atoms with van der Waals surface area (Å²) in [6.45, 7) is 8.89. The number of aryl methyl sites for hydroxylation is 1. The van der Waals surface area contributed by atoms with Gasteiger partial charge < -0.3 is 9.80 Å². The fraction of sp³-hybridized carbons (Fsp3) is 0.171. The molecular formula is C35H33N3. The molecule has 38 heavy (non-hydrogen) atoms. The Morgan fingerprint density at radius 1 is 0.632 bits per heavy atom. The number of hydrogen-bond donors (Lipinski definition) is 0. The monoisotopic (exact) mass is 495 g/mol. The third-order valence-electron chi connectivity index (χ3n) is 7.55. The molecule has 1 aromatic heterocycles. The van der Waals surface area contributed by atoms with E-state index in [-0.39, 0.29) is 6.17 Å². The van der Waals surface area contributed by atoms with Crippen molar-refractivity contribution in [3.63, 3.8) is 0 Å². The number of benzene rings is 4.